The fourth-order valence-electron chi connectivity index (χ4n) is 2.93. The molecule has 162 valence electrons. The smallest absolute Gasteiger partial charge is 0.407 e. The summed E-state index contributed by atoms with van der Waals surface area (Å²) >= 11 is 0. The van der Waals surface area contributed by atoms with Crippen LogP contribution in [0.4, 0.5) is 17.1 Å². The van der Waals surface area contributed by atoms with Gasteiger partial charge in [-0.25, -0.2) is 4.79 Å². The second kappa shape index (κ2) is 9.24. The molecule has 0 spiro atoms. The van der Waals surface area contributed by atoms with Crippen molar-refractivity contribution in [2.45, 2.75) is 33.2 Å². The summed E-state index contributed by atoms with van der Waals surface area (Å²) in [7, 11) is 0. The van der Waals surface area contributed by atoms with Gasteiger partial charge in [0.05, 0.1) is 16.5 Å². The van der Waals surface area contributed by atoms with Gasteiger partial charge >= 0.3 is 5.76 Å². The third-order valence-electron chi connectivity index (χ3n) is 4.61. The third kappa shape index (κ3) is 5.35. The van der Waals surface area contributed by atoms with Crippen molar-refractivity contribution in [3.05, 3.63) is 63.1 Å². The number of nitrogens with zero attached hydrogens (tertiary/aromatic N) is 2. The Bertz CT molecular complexity index is 1180. The molecule has 0 unspecified atom stereocenters. The Morgan fingerprint density at radius 3 is 2.35 bits per heavy atom. The zero-order chi connectivity index (χ0) is 22.5. The van der Waals surface area contributed by atoms with Gasteiger partial charge in [0.25, 0.3) is 5.69 Å². The lowest BCUT2D eigenvalue weighted by atomic mass is 10.2. The Labute approximate surface area is 177 Å². The van der Waals surface area contributed by atoms with E-state index in [2.05, 4.69) is 10.6 Å². The maximum atomic E-state index is 12.2. The monoisotopic (exact) mass is 426 g/mol. The van der Waals surface area contributed by atoms with Crippen molar-refractivity contribution in [3.8, 4) is 0 Å². The Morgan fingerprint density at radius 2 is 1.74 bits per heavy atom. The van der Waals surface area contributed by atoms with Crippen molar-refractivity contribution in [1.82, 2.24) is 4.57 Å². The van der Waals surface area contributed by atoms with Crippen LogP contribution >= 0.6 is 0 Å². The molecule has 0 aliphatic heterocycles. The molecule has 3 rings (SSSR count). The molecule has 3 aromatic rings. The Hall–Kier alpha value is -3.95. The third-order valence-corrected chi connectivity index (χ3v) is 4.61. The topological polar surface area (TPSA) is 136 Å². The number of amides is 2. The highest BCUT2D eigenvalue weighted by atomic mass is 16.6. The largest absolute Gasteiger partial charge is 0.419 e. The molecular weight excluding hydrogens is 404 g/mol. The number of nitrogens with one attached hydrogen (secondary N) is 2. The molecule has 10 heteroatoms. The number of anilines is 2. The van der Waals surface area contributed by atoms with Gasteiger partial charge in [-0.1, -0.05) is 13.8 Å². The van der Waals surface area contributed by atoms with E-state index in [0.717, 1.165) is 0 Å². The summed E-state index contributed by atoms with van der Waals surface area (Å²) in [6.45, 7) is 3.83. The van der Waals surface area contributed by atoms with Crippen LogP contribution in [0.3, 0.4) is 0 Å². The van der Waals surface area contributed by atoms with Crippen molar-refractivity contribution >= 4 is 40.0 Å². The van der Waals surface area contributed by atoms with E-state index in [-0.39, 0.29) is 42.0 Å². The minimum atomic E-state index is -0.630. The second-order valence-corrected chi connectivity index (χ2v) is 7.30. The first-order valence-corrected chi connectivity index (χ1v) is 9.73. The van der Waals surface area contributed by atoms with Crippen molar-refractivity contribution in [2.24, 2.45) is 5.92 Å². The van der Waals surface area contributed by atoms with Crippen LogP contribution in [0.5, 0.6) is 0 Å². The first-order chi connectivity index (χ1) is 14.7. The molecule has 0 saturated carbocycles. The number of carbonyl (C=O) groups is 2. The molecule has 0 fully saturated rings. The molecule has 2 aromatic carbocycles. The van der Waals surface area contributed by atoms with Crippen LogP contribution < -0.4 is 16.4 Å². The highest BCUT2D eigenvalue weighted by Crippen LogP contribution is 2.20. The Balaban J connectivity index is 1.55. The molecule has 31 heavy (non-hydrogen) atoms. The van der Waals surface area contributed by atoms with Gasteiger partial charge in [0.1, 0.15) is 0 Å². The van der Waals surface area contributed by atoms with Crippen LogP contribution in [0.2, 0.25) is 0 Å². The van der Waals surface area contributed by atoms with E-state index >= 15 is 0 Å². The molecule has 1 aromatic heterocycles. The number of benzene rings is 2. The molecule has 0 radical (unpaired) electrons. The highest BCUT2D eigenvalue weighted by molar-refractivity contribution is 5.93. The van der Waals surface area contributed by atoms with E-state index in [4.69, 9.17) is 4.42 Å². The minimum Gasteiger partial charge on any atom is -0.407 e. The standard InChI is InChI=1S/C21H22N4O6/c1-13(2)20(27)23-15-7-5-14(6-8-15)22-19(26)4-3-11-24-17-10-9-16(25(29)30)12-18(17)31-21(24)28/h5-10,12-13H,3-4,11H2,1-2H3,(H,22,26)(H,23,27). The maximum absolute atomic E-state index is 12.2. The molecule has 0 bridgehead atoms. The number of aryl methyl sites for hydroxylation is 1. The van der Waals surface area contributed by atoms with Crippen molar-refractivity contribution in [2.75, 3.05) is 10.6 Å². The summed E-state index contributed by atoms with van der Waals surface area (Å²) in [5.74, 6) is -1.08. The number of hydrogen-bond acceptors (Lipinski definition) is 6. The second-order valence-electron chi connectivity index (χ2n) is 7.30. The summed E-state index contributed by atoms with van der Waals surface area (Å²) in [6.07, 6.45) is 0.540. The SMILES string of the molecule is CC(C)C(=O)Nc1ccc(NC(=O)CCCn2c(=O)oc3cc([N+](=O)[O-])ccc32)cc1. The van der Waals surface area contributed by atoms with Crippen LogP contribution in [0, 0.1) is 16.0 Å². The molecule has 1 heterocycles. The Kier molecular flexibility index (Phi) is 6.49. The summed E-state index contributed by atoms with van der Waals surface area (Å²) < 4.78 is 6.41. The zero-order valence-electron chi connectivity index (χ0n) is 17.1. The van der Waals surface area contributed by atoms with Gasteiger partial charge in [-0.2, -0.15) is 0 Å². The van der Waals surface area contributed by atoms with Gasteiger partial charge in [0.15, 0.2) is 5.58 Å². The quantitative estimate of drug-likeness (QED) is 0.418. The van der Waals surface area contributed by atoms with Crippen molar-refractivity contribution in [1.29, 1.82) is 0 Å². The fourth-order valence-corrected chi connectivity index (χ4v) is 2.93. The number of carbonyl (C=O) groups excluding carboxylic acids is 2. The highest BCUT2D eigenvalue weighted by Gasteiger charge is 2.14. The lowest BCUT2D eigenvalue weighted by Crippen LogP contribution is -2.18. The molecule has 0 aliphatic carbocycles. The van der Waals surface area contributed by atoms with E-state index in [1.807, 2.05) is 0 Å². The number of aromatic nitrogens is 1. The fraction of sp³-hybridized carbons (Fsp3) is 0.286. The average Bonchev–Trinajstić information content (AvgIpc) is 3.03. The van der Waals surface area contributed by atoms with Crippen molar-refractivity contribution in [3.63, 3.8) is 0 Å². The predicted octanol–water partition coefficient (Wildman–Crippen LogP) is 3.52. The maximum Gasteiger partial charge on any atom is 0.419 e. The van der Waals surface area contributed by atoms with Gasteiger partial charge < -0.3 is 15.1 Å². The summed E-state index contributed by atoms with van der Waals surface area (Å²) in [5, 5.41) is 16.4. The van der Waals surface area contributed by atoms with E-state index in [0.29, 0.717) is 23.3 Å². The van der Waals surface area contributed by atoms with Crippen molar-refractivity contribution < 1.29 is 18.9 Å². The van der Waals surface area contributed by atoms with E-state index in [1.54, 1.807) is 38.1 Å². The zero-order valence-corrected chi connectivity index (χ0v) is 17.1. The minimum absolute atomic E-state index is 0.0894. The van der Waals surface area contributed by atoms with Crippen LogP contribution in [0.1, 0.15) is 26.7 Å². The van der Waals surface area contributed by atoms with Gasteiger partial charge in [-0.3, -0.25) is 24.3 Å². The van der Waals surface area contributed by atoms with E-state index in [9.17, 15) is 24.5 Å². The number of nitro groups is 1. The molecule has 0 saturated heterocycles. The van der Waals surface area contributed by atoms with Gasteiger partial charge in [0.2, 0.25) is 11.8 Å². The van der Waals surface area contributed by atoms with Gasteiger partial charge in [-0.15, -0.1) is 0 Å². The molecular formula is C21H22N4O6. The predicted molar refractivity (Wildman–Crippen MR) is 115 cm³/mol. The summed E-state index contributed by atoms with van der Waals surface area (Å²) in [6, 6.07) is 10.7. The van der Waals surface area contributed by atoms with Crippen LogP contribution in [-0.4, -0.2) is 21.3 Å². The number of fused-ring (bicyclic) bond motifs is 1. The lowest BCUT2D eigenvalue weighted by molar-refractivity contribution is -0.384. The van der Waals surface area contributed by atoms with Gasteiger partial charge in [-0.05, 0) is 36.8 Å². The summed E-state index contributed by atoms with van der Waals surface area (Å²) in [4.78, 5) is 46.2. The number of oxazole rings is 1. The molecule has 2 amide bonds. The molecule has 10 nitrogen and oxygen atoms in total. The van der Waals surface area contributed by atoms with Crippen LogP contribution in [0.15, 0.2) is 51.7 Å². The van der Waals surface area contributed by atoms with Gasteiger partial charge in [0, 0.05) is 36.3 Å². The average molecular weight is 426 g/mol. The molecule has 0 aliphatic rings. The number of non-ortho nitro benzene ring substituents is 1. The number of nitro benzene ring substituents is 1. The lowest BCUT2D eigenvalue weighted by Gasteiger charge is -2.09. The van der Waals surface area contributed by atoms with Crippen LogP contribution in [-0.2, 0) is 16.1 Å². The first kappa shape index (κ1) is 21.8. The first-order valence-electron chi connectivity index (χ1n) is 9.73. The number of hydrogen-bond donors (Lipinski definition) is 2. The molecule has 2 N–H and O–H groups in total. The summed E-state index contributed by atoms with van der Waals surface area (Å²) in [5.41, 5.74) is 1.64. The van der Waals surface area contributed by atoms with E-state index in [1.165, 1.54) is 22.8 Å². The van der Waals surface area contributed by atoms with Crippen LogP contribution in [0.25, 0.3) is 11.1 Å². The molecule has 0 atom stereocenters. The normalized spacial score (nSPS) is 10.9. The Morgan fingerprint density at radius 1 is 1.10 bits per heavy atom. The van der Waals surface area contributed by atoms with E-state index < -0.39 is 10.7 Å². The number of rotatable bonds is 8.